The number of nitrogens with one attached hydrogen (secondary N) is 2. The highest BCUT2D eigenvalue weighted by molar-refractivity contribution is 6.02. The number of benzene rings is 2. The molecule has 5 rings (SSSR count). The lowest BCUT2D eigenvalue weighted by Crippen LogP contribution is -2.42. The number of carbonyl (C=O) groups excluding carboxylic acids is 2. The molecule has 0 unspecified atom stereocenters. The quantitative estimate of drug-likeness (QED) is 0.363. The number of anilines is 3. The highest BCUT2D eigenvalue weighted by Crippen LogP contribution is 2.51. The molecular weight excluding hydrogens is 462 g/mol. The Morgan fingerprint density at radius 2 is 1.81 bits per heavy atom. The van der Waals surface area contributed by atoms with Gasteiger partial charge >= 0.3 is 12.0 Å². The Kier molecular flexibility index (Phi) is 7.45. The summed E-state index contributed by atoms with van der Waals surface area (Å²) in [5, 5.41) is 6.17. The van der Waals surface area contributed by atoms with Gasteiger partial charge in [-0.05, 0) is 93.0 Å². The molecule has 3 aliphatic carbocycles. The van der Waals surface area contributed by atoms with Crippen LogP contribution in [0.5, 0.6) is 0 Å². The van der Waals surface area contributed by atoms with Gasteiger partial charge in [-0.2, -0.15) is 0 Å². The van der Waals surface area contributed by atoms with Gasteiger partial charge in [0.25, 0.3) is 0 Å². The van der Waals surface area contributed by atoms with Crippen molar-refractivity contribution in [1.29, 1.82) is 0 Å². The zero-order valence-electron chi connectivity index (χ0n) is 22.6. The first-order valence-electron chi connectivity index (χ1n) is 14.0. The Morgan fingerprint density at radius 3 is 2.46 bits per heavy atom. The molecule has 6 nitrogen and oxygen atoms in total. The lowest BCUT2D eigenvalue weighted by molar-refractivity contribution is -0.144. The van der Waals surface area contributed by atoms with E-state index in [1.807, 2.05) is 38.1 Å². The monoisotopic (exact) mass is 503 g/mol. The fraction of sp³-hybridized carbons (Fsp3) is 0.548. The number of ether oxygens (including phenoxy) is 1. The summed E-state index contributed by atoms with van der Waals surface area (Å²) in [7, 11) is 0. The molecule has 3 saturated carbocycles. The zero-order valence-corrected chi connectivity index (χ0v) is 22.6. The van der Waals surface area contributed by atoms with Crippen LogP contribution >= 0.6 is 0 Å². The van der Waals surface area contributed by atoms with E-state index in [-0.39, 0.29) is 23.8 Å². The summed E-state index contributed by atoms with van der Waals surface area (Å²) in [4.78, 5) is 28.0. The van der Waals surface area contributed by atoms with Crippen molar-refractivity contribution >= 4 is 29.1 Å². The number of hydrogen-bond donors (Lipinski definition) is 2. The average Bonchev–Trinajstić information content (AvgIpc) is 3.39. The van der Waals surface area contributed by atoms with Crippen LogP contribution in [0.1, 0.15) is 69.9 Å². The minimum Gasteiger partial charge on any atom is -0.466 e. The molecule has 3 fully saturated rings. The third-order valence-corrected chi connectivity index (χ3v) is 8.36. The van der Waals surface area contributed by atoms with Crippen molar-refractivity contribution in [3.63, 3.8) is 0 Å². The van der Waals surface area contributed by atoms with Gasteiger partial charge in [-0.1, -0.05) is 44.0 Å². The Balaban J connectivity index is 1.43. The van der Waals surface area contributed by atoms with E-state index in [0.717, 1.165) is 53.0 Å². The first kappa shape index (κ1) is 25.6. The summed E-state index contributed by atoms with van der Waals surface area (Å²) in [6.45, 7) is 9.76. The highest BCUT2D eigenvalue weighted by atomic mass is 16.5. The molecule has 37 heavy (non-hydrogen) atoms. The van der Waals surface area contributed by atoms with Crippen molar-refractivity contribution in [2.45, 2.75) is 71.8 Å². The van der Waals surface area contributed by atoms with Crippen molar-refractivity contribution < 1.29 is 14.3 Å². The van der Waals surface area contributed by atoms with E-state index in [4.69, 9.17) is 4.74 Å². The largest absolute Gasteiger partial charge is 0.466 e. The van der Waals surface area contributed by atoms with Crippen molar-refractivity contribution in [1.82, 2.24) is 0 Å². The summed E-state index contributed by atoms with van der Waals surface area (Å²) in [5.74, 6) is 2.01. The minimum atomic E-state index is -0.252. The molecule has 2 amide bonds. The molecule has 0 aromatic heterocycles. The van der Waals surface area contributed by atoms with E-state index >= 15 is 0 Å². The van der Waals surface area contributed by atoms with Crippen molar-refractivity contribution in [2.75, 3.05) is 28.7 Å². The smallest absolute Gasteiger partial charge is 0.323 e. The van der Waals surface area contributed by atoms with Crippen LogP contribution in [0.4, 0.5) is 21.9 Å². The number of carbonyl (C=O) groups is 2. The molecular formula is C31H41N3O3. The third kappa shape index (κ3) is 5.78. The SMILES string of the molecule is CCOC(=O)[C@@H]1C[C@@H]1c1ccc(N(CC(C)C)[C@@H]2C[C@H]3CC[C@@H]2C3)c(NC(=O)Nc2ccc(C)cc2)c1. The second-order valence-electron chi connectivity index (χ2n) is 11.7. The van der Waals surface area contributed by atoms with Crippen LogP contribution in [0.3, 0.4) is 0 Å². The van der Waals surface area contributed by atoms with Crippen molar-refractivity contribution in [3.05, 3.63) is 53.6 Å². The summed E-state index contributed by atoms with van der Waals surface area (Å²) < 4.78 is 5.26. The summed E-state index contributed by atoms with van der Waals surface area (Å²) in [6.07, 6.45) is 6.03. The fourth-order valence-corrected chi connectivity index (χ4v) is 6.53. The van der Waals surface area contributed by atoms with Gasteiger partial charge < -0.3 is 20.3 Å². The normalized spacial score (nSPS) is 25.7. The van der Waals surface area contributed by atoms with Crippen LogP contribution < -0.4 is 15.5 Å². The van der Waals surface area contributed by atoms with Crippen LogP contribution in [-0.4, -0.2) is 31.2 Å². The molecule has 5 atom stereocenters. The number of aryl methyl sites for hydroxylation is 1. The van der Waals surface area contributed by atoms with Crippen LogP contribution in [-0.2, 0) is 9.53 Å². The Labute approximate surface area is 221 Å². The lowest BCUT2D eigenvalue weighted by atomic mass is 9.92. The van der Waals surface area contributed by atoms with E-state index in [1.54, 1.807) is 0 Å². The maximum absolute atomic E-state index is 13.2. The number of urea groups is 1. The standard InChI is InChI=1S/C31H41N3O3/c1-5-37-30(35)26-17-25(26)22-10-13-28(34(18-19(2)3)29-15-21-8-9-23(29)14-21)27(16-22)33-31(36)32-24-11-6-20(4)7-12-24/h6-7,10-13,16,19,21,23,25-26,29H,5,8-9,14-15,17-18H2,1-4H3,(H2,32,33,36)/t21-,23+,25+,26+,29+/m0/s1. The molecule has 198 valence electrons. The summed E-state index contributed by atoms with van der Waals surface area (Å²) in [5.41, 5.74) is 4.90. The van der Waals surface area contributed by atoms with Crippen LogP contribution in [0.25, 0.3) is 0 Å². The number of fused-ring (bicyclic) bond motifs is 2. The van der Waals surface area contributed by atoms with Crippen molar-refractivity contribution in [2.24, 2.45) is 23.7 Å². The molecule has 0 aliphatic heterocycles. The average molecular weight is 504 g/mol. The van der Waals surface area contributed by atoms with Gasteiger partial charge in [-0.3, -0.25) is 4.79 Å². The van der Waals surface area contributed by atoms with E-state index in [2.05, 4.69) is 47.6 Å². The molecule has 0 radical (unpaired) electrons. The van der Waals surface area contributed by atoms with E-state index in [0.29, 0.717) is 18.6 Å². The maximum atomic E-state index is 13.2. The highest BCUT2D eigenvalue weighted by Gasteiger charge is 2.46. The van der Waals surface area contributed by atoms with E-state index in [9.17, 15) is 9.59 Å². The zero-order chi connectivity index (χ0) is 26.1. The molecule has 0 saturated heterocycles. The van der Waals surface area contributed by atoms with E-state index in [1.165, 1.54) is 25.7 Å². The van der Waals surface area contributed by atoms with Gasteiger partial charge in [0.1, 0.15) is 0 Å². The second-order valence-corrected chi connectivity index (χ2v) is 11.7. The van der Waals surface area contributed by atoms with Gasteiger partial charge in [0, 0.05) is 18.3 Å². The topological polar surface area (TPSA) is 70.7 Å². The second kappa shape index (κ2) is 10.8. The maximum Gasteiger partial charge on any atom is 0.323 e. The molecule has 6 heteroatoms. The molecule has 0 spiro atoms. The molecule has 2 bridgehead atoms. The molecule has 0 heterocycles. The van der Waals surface area contributed by atoms with Crippen LogP contribution in [0, 0.1) is 30.6 Å². The van der Waals surface area contributed by atoms with Gasteiger partial charge in [0.2, 0.25) is 0 Å². The van der Waals surface area contributed by atoms with Crippen molar-refractivity contribution in [3.8, 4) is 0 Å². The number of amides is 2. The molecule has 2 aromatic carbocycles. The first-order chi connectivity index (χ1) is 17.8. The summed E-state index contributed by atoms with van der Waals surface area (Å²) in [6, 6.07) is 14.5. The lowest BCUT2D eigenvalue weighted by Gasteiger charge is -2.39. The minimum absolute atomic E-state index is 0.0858. The first-order valence-corrected chi connectivity index (χ1v) is 14.0. The van der Waals surface area contributed by atoms with Gasteiger partial charge in [0.05, 0.1) is 23.9 Å². The summed E-state index contributed by atoms with van der Waals surface area (Å²) >= 11 is 0. The van der Waals surface area contributed by atoms with Crippen LogP contribution in [0.2, 0.25) is 0 Å². The van der Waals surface area contributed by atoms with Gasteiger partial charge in [-0.15, -0.1) is 0 Å². The van der Waals surface area contributed by atoms with Gasteiger partial charge in [0.15, 0.2) is 0 Å². The number of esters is 1. The Hall–Kier alpha value is -3.02. The Morgan fingerprint density at radius 1 is 1.03 bits per heavy atom. The predicted molar refractivity (Wildman–Crippen MR) is 149 cm³/mol. The fourth-order valence-electron chi connectivity index (χ4n) is 6.53. The molecule has 2 aromatic rings. The van der Waals surface area contributed by atoms with Crippen LogP contribution in [0.15, 0.2) is 42.5 Å². The third-order valence-electron chi connectivity index (χ3n) is 8.36. The van der Waals surface area contributed by atoms with Gasteiger partial charge in [-0.25, -0.2) is 4.79 Å². The number of nitrogens with zero attached hydrogens (tertiary/aromatic N) is 1. The number of rotatable bonds is 9. The molecule has 2 N–H and O–H groups in total. The number of hydrogen-bond acceptors (Lipinski definition) is 4. The predicted octanol–water partition coefficient (Wildman–Crippen LogP) is 6.96. The van der Waals surface area contributed by atoms with E-state index < -0.39 is 0 Å². The Bertz CT molecular complexity index is 1130. The molecule has 3 aliphatic rings.